The number of aromatic nitrogens is 4. The zero-order valence-electron chi connectivity index (χ0n) is 14.5. The third kappa shape index (κ3) is 4.63. The summed E-state index contributed by atoms with van der Waals surface area (Å²) in [5.74, 6) is -0.368. The third-order valence-electron chi connectivity index (χ3n) is 3.89. The number of carbonyl (C=O) groups is 1. The summed E-state index contributed by atoms with van der Waals surface area (Å²) in [4.78, 5) is 12.3. The lowest BCUT2D eigenvalue weighted by atomic mass is 10.2. The number of rotatable bonds is 6. The Morgan fingerprint density at radius 3 is 2.46 bits per heavy atom. The predicted molar refractivity (Wildman–Crippen MR) is 103 cm³/mol. The first-order valence-corrected chi connectivity index (χ1v) is 9.16. The van der Waals surface area contributed by atoms with Gasteiger partial charge in [-0.1, -0.05) is 46.9 Å². The van der Waals surface area contributed by atoms with Crippen LogP contribution in [0.1, 0.15) is 23.4 Å². The molecular weight excluding hydrogens is 435 g/mol. The summed E-state index contributed by atoms with van der Waals surface area (Å²) in [5, 5.41) is 11.2. The molecule has 3 rings (SSSR count). The van der Waals surface area contributed by atoms with Crippen LogP contribution in [0.2, 0.25) is 15.1 Å². The highest BCUT2D eigenvalue weighted by Gasteiger charge is 2.22. The first-order chi connectivity index (χ1) is 13.2. The Morgan fingerprint density at radius 1 is 1.18 bits per heavy atom. The molecule has 6 nitrogen and oxygen atoms in total. The van der Waals surface area contributed by atoms with Gasteiger partial charge in [0, 0.05) is 11.2 Å². The van der Waals surface area contributed by atoms with E-state index in [9.17, 15) is 13.6 Å². The molecule has 1 amide bonds. The summed E-state index contributed by atoms with van der Waals surface area (Å²) in [6.07, 6.45) is -1.26. The second-order valence-corrected chi connectivity index (χ2v) is 7.16. The van der Waals surface area contributed by atoms with Gasteiger partial charge in [0.15, 0.2) is 5.82 Å². The molecule has 0 atom stereocenters. The summed E-state index contributed by atoms with van der Waals surface area (Å²) in [6, 6.07) is 7.22. The molecule has 0 unspecified atom stereocenters. The van der Waals surface area contributed by atoms with Crippen molar-refractivity contribution in [2.75, 3.05) is 5.32 Å². The zero-order valence-corrected chi connectivity index (χ0v) is 16.7. The van der Waals surface area contributed by atoms with Crippen LogP contribution in [0.5, 0.6) is 0 Å². The maximum atomic E-state index is 12.9. The van der Waals surface area contributed by atoms with E-state index in [1.54, 1.807) is 23.0 Å². The molecule has 28 heavy (non-hydrogen) atoms. The van der Waals surface area contributed by atoms with Crippen LogP contribution in [0, 0.1) is 6.92 Å². The summed E-state index contributed by atoms with van der Waals surface area (Å²) in [7, 11) is 0. The van der Waals surface area contributed by atoms with Gasteiger partial charge in [0.05, 0.1) is 17.3 Å². The molecule has 0 bridgehead atoms. The summed E-state index contributed by atoms with van der Waals surface area (Å²) in [5.41, 5.74) is 0.659. The van der Waals surface area contributed by atoms with Crippen LogP contribution in [0.15, 0.2) is 30.5 Å². The zero-order chi connectivity index (χ0) is 20.4. The number of carbonyl (C=O) groups excluding carboxylic acids is 1. The molecule has 2 aromatic heterocycles. The number of alkyl halides is 2. The van der Waals surface area contributed by atoms with Gasteiger partial charge >= 0.3 is 0 Å². The summed E-state index contributed by atoms with van der Waals surface area (Å²) < 4.78 is 28.4. The Bertz CT molecular complexity index is 1000. The van der Waals surface area contributed by atoms with Crippen molar-refractivity contribution >= 4 is 46.5 Å². The number of anilines is 1. The van der Waals surface area contributed by atoms with E-state index in [2.05, 4.69) is 15.5 Å². The number of halogens is 5. The van der Waals surface area contributed by atoms with E-state index in [4.69, 9.17) is 34.8 Å². The van der Waals surface area contributed by atoms with Crippen LogP contribution < -0.4 is 5.32 Å². The molecule has 0 aliphatic heterocycles. The number of amides is 1. The standard InChI is InChI=1S/C17H14Cl3F2N5O/c1-9-14(20)15(16(21)22)24-27(9)8-13(28)23-17-12(19)7-26(25-17)6-10-2-4-11(18)5-3-10/h2-5,7,16H,6,8H2,1H3,(H,23,25,28). The molecule has 1 aromatic carbocycles. The Balaban J connectivity index is 1.68. The van der Waals surface area contributed by atoms with Crippen molar-refractivity contribution < 1.29 is 13.6 Å². The third-order valence-corrected chi connectivity index (χ3v) is 4.89. The van der Waals surface area contributed by atoms with Crippen molar-refractivity contribution in [2.24, 2.45) is 0 Å². The van der Waals surface area contributed by atoms with Crippen LogP contribution in [0.4, 0.5) is 14.6 Å². The second kappa shape index (κ2) is 8.46. The molecule has 1 N–H and O–H groups in total. The van der Waals surface area contributed by atoms with Crippen LogP contribution in [0.3, 0.4) is 0 Å². The lowest BCUT2D eigenvalue weighted by Crippen LogP contribution is -2.21. The number of hydrogen-bond donors (Lipinski definition) is 1. The Labute approximate surface area is 174 Å². The number of nitrogens with one attached hydrogen (secondary N) is 1. The van der Waals surface area contributed by atoms with E-state index >= 15 is 0 Å². The van der Waals surface area contributed by atoms with Crippen LogP contribution in [0.25, 0.3) is 0 Å². The molecule has 0 saturated carbocycles. The lowest BCUT2D eigenvalue weighted by Gasteiger charge is -2.05. The van der Waals surface area contributed by atoms with Gasteiger partial charge < -0.3 is 5.32 Å². The van der Waals surface area contributed by atoms with E-state index in [1.165, 1.54) is 6.92 Å². The fourth-order valence-corrected chi connectivity index (χ4v) is 3.03. The Morgan fingerprint density at radius 2 is 1.86 bits per heavy atom. The molecule has 0 aliphatic rings. The van der Waals surface area contributed by atoms with Crippen molar-refractivity contribution in [1.29, 1.82) is 0 Å². The predicted octanol–water partition coefficient (Wildman–Crippen LogP) is 4.97. The maximum absolute atomic E-state index is 12.9. The molecule has 0 radical (unpaired) electrons. The number of hydrogen-bond acceptors (Lipinski definition) is 3. The van der Waals surface area contributed by atoms with Gasteiger partial charge in [-0.25, -0.2) is 8.78 Å². The van der Waals surface area contributed by atoms with Gasteiger partial charge in [-0.15, -0.1) is 0 Å². The largest absolute Gasteiger partial charge is 0.306 e. The van der Waals surface area contributed by atoms with E-state index in [0.717, 1.165) is 10.2 Å². The molecule has 2 heterocycles. The van der Waals surface area contributed by atoms with Gasteiger partial charge in [-0.2, -0.15) is 10.2 Å². The van der Waals surface area contributed by atoms with Crippen molar-refractivity contribution in [2.45, 2.75) is 26.4 Å². The first kappa shape index (κ1) is 20.6. The van der Waals surface area contributed by atoms with Gasteiger partial charge in [0.1, 0.15) is 17.3 Å². The van der Waals surface area contributed by atoms with E-state index in [1.807, 2.05) is 12.1 Å². The molecular formula is C17H14Cl3F2N5O. The minimum Gasteiger partial charge on any atom is -0.306 e. The molecule has 0 spiro atoms. The molecule has 3 aromatic rings. The van der Waals surface area contributed by atoms with E-state index in [0.29, 0.717) is 11.6 Å². The van der Waals surface area contributed by atoms with Gasteiger partial charge in [0.2, 0.25) is 5.91 Å². The molecule has 11 heteroatoms. The normalized spacial score (nSPS) is 11.2. The maximum Gasteiger partial charge on any atom is 0.283 e. The van der Waals surface area contributed by atoms with E-state index in [-0.39, 0.29) is 28.1 Å². The topological polar surface area (TPSA) is 64.7 Å². The highest BCUT2D eigenvalue weighted by molar-refractivity contribution is 6.33. The van der Waals surface area contributed by atoms with Crippen molar-refractivity contribution in [3.8, 4) is 0 Å². The Kier molecular flexibility index (Phi) is 6.22. The molecule has 0 saturated heterocycles. The van der Waals surface area contributed by atoms with Gasteiger partial charge in [0.25, 0.3) is 6.43 Å². The number of benzene rings is 1. The van der Waals surface area contributed by atoms with Gasteiger partial charge in [-0.3, -0.25) is 14.2 Å². The first-order valence-electron chi connectivity index (χ1n) is 8.02. The van der Waals surface area contributed by atoms with Crippen molar-refractivity contribution in [3.63, 3.8) is 0 Å². The van der Waals surface area contributed by atoms with Crippen molar-refractivity contribution in [3.05, 3.63) is 62.5 Å². The monoisotopic (exact) mass is 447 g/mol. The smallest absolute Gasteiger partial charge is 0.283 e. The van der Waals surface area contributed by atoms with Crippen LogP contribution in [-0.2, 0) is 17.9 Å². The average molecular weight is 449 g/mol. The SMILES string of the molecule is Cc1c(Cl)c(C(F)F)nn1CC(=O)Nc1nn(Cc2ccc(Cl)cc2)cc1Cl. The number of nitrogens with zero attached hydrogens (tertiary/aromatic N) is 4. The Hall–Kier alpha value is -2.16. The van der Waals surface area contributed by atoms with E-state index < -0.39 is 18.0 Å². The molecule has 0 aliphatic carbocycles. The highest BCUT2D eigenvalue weighted by atomic mass is 35.5. The summed E-state index contributed by atoms with van der Waals surface area (Å²) in [6.45, 7) is 1.62. The lowest BCUT2D eigenvalue weighted by molar-refractivity contribution is -0.117. The minimum absolute atomic E-state index is 0.158. The fraction of sp³-hybridized carbons (Fsp3) is 0.235. The van der Waals surface area contributed by atoms with Crippen LogP contribution in [-0.4, -0.2) is 25.5 Å². The minimum atomic E-state index is -2.83. The fourth-order valence-electron chi connectivity index (χ4n) is 2.49. The van der Waals surface area contributed by atoms with Crippen LogP contribution >= 0.6 is 34.8 Å². The molecule has 148 valence electrons. The second-order valence-electron chi connectivity index (χ2n) is 5.94. The molecule has 0 fully saturated rings. The van der Waals surface area contributed by atoms with Gasteiger partial charge in [-0.05, 0) is 24.6 Å². The quantitative estimate of drug-likeness (QED) is 0.579. The van der Waals surface area contributed by atoms with Crippen molar-refractivity contribution in [1.82, 2.24) is 19.6 Å². The average Bonchev–Trinajstić information content (AvgIpc) is 3.11. The highest BCUT2D eigenvalue weighted by Crippen LogP contribution is 2.28. The summed E-state index contributed by atoms with van der Waals surface area (Å²) >= 11 is 17.8.